The van der Waals surface area contributed by atoms with Crippen molar-refractivity contribution in [3.05, 3.63) is 23.3 Å². The Balaban J connectivity index is 2.34. The summed E-state index contributed by atoms with van der Waals surface area (Å²) in [5, 5.41) is 9.00. The number of hydrogen-bond donors (Lipinski definition) is 2. The van der Waals surface area contributed by atoms with Crippen molar-refractivity contribution in [2.24, 2.45) is 5.73 Å². The maximum absolute atomic E-state index is 9.00. The van der Waals surface area contributed by atoms with E-state index in [1.165, 1.54) is 5.56 Å². The fourth-order valence-corrected chi connectivity index (χ4v) is 2.32. The van der Waals surface area contributed by atoms with Crippen LogP contribution in [0, 0.1) is 0 Å². The molecule has 1 aromatic rings. The van der Waals surface area contributed by atoms with Crippen LogP contribution in [-0.2, 0) is 6.42 Å². The van der Waals surface area contributed by atoms with Crippen LogP contribution >= 0.6 is 0 Å². The molecule has 1 heterocycles. The number of aliphatic hydroxyl groups excluding tert-OH is 1. The van der Waals surface area contributed by atoms with Crippen LogP contribution in [0.5, 0.6) is 11.5 Å². The van der Waals surface area contributed by atoms with Gasteiger partial charge in [-0.05, 0) is 32.4 Å². The summed E-state index contributed by atoms with van der Waals surface area (Å²) in [6, 6.07) is 3.76. The lowest BCUT2D eigenvalue weighted by molar-refractivity contribution is 0.253. The first-order valence-electron chi connectivity index (χ1n) is 6.48. The van der Waals surface area contributed by atoms with Gasteiger partial charge in [-0.25, -0.2) is 0 Å². The highest BCUT2D eigenvalue weighted by molar-refractivity contribution is 5.49. The minimum absolute atomic E-state index is 0.0705. The lowest BCUT2D eigenvalue weighted by Crippen LogP contribution is -2.14. The van der Waals surface area contributed by atoms with Crippen LogP contribution < -0.4 is 15.2 Å². The first-order chi connectivity index (χ1) is 8.65. The lowest BCUT2D eigenvalue weighted by Gasteiger charge is -2.17. The molecule has 1 aliphatic heterocycles. The van der Waals surface area contributed by atoms with Crippen molar-refractivity contribution in [1.82, 2.24) is 0 Å². The fourth-order valence-electron chi connectivity index (χ4n) is 2.32. The Hall–Kier alpha value is -1.26. The third-order valence-corrected chi connectivity index (χ3v) is 3.17. The van der Waals surface area contributed by atoms with Crippen LogP contribution in [0.25, 0.3) is 0 Å². The van der Waals surface area contributed by atoms with Gasteiger partial charge in [0.1, 0.15) is 17.6 Å². The van der Waals surface area contributed by atoms with E-state index < -0.39 is 0 Å². The molecule has 2 unspecified atom stereocenters. The van der Waals surface area contributed by atoms with E-state index in [1.54, 1.807) is 0 Å². The van der Waals surface area contributed by atoms with Gasteiger partial charge in [-0.3, -0.25) is 0 Å². The minimum atomic E-state index is -0.221. The number of nitrogens with two attached hydrogens (primary N) is 1. The summed E-state index contributed by atoms with van der Waals surface area (Å²) < 4.78 is 11.4. The molecule has 1 aromatic carbocycles. The van der Waals surface area contributed by atoms with Crippen LogP contribution in [-0.4, -0.2) is 24.4 Å². The molecule has 100 valence electrons. The van der Waals surface area contributed by atoms with E-state index in [1.807, 2.05) is 26.0 Å². The molecule has 1 aliphatic rings. The summed E-state index contributed by atoms with van der Waals surface area (Å²) in [5.41, 5.74) is 8.16. The molecule has 4 heteroatoms. The zero-order chi connectivity index (χ0) is 13.1. The van der Waals surface area contributed by atoms with E-state index in [9.17, 15) is 0 Å². The van der Waals surface area contributed by atoms with E-state index in [0.717, 1.165) is 23.5 Å². The summed E-state index contributed by atoms with van der Waals surface area (Å²) in [7, 11) is 0. The Morgan fingerprint density at radius 3 is 3.00 bits per heavy atom. The van der Waals surface area contributed by atoms with Gasteiger partial charge in [0.15, 0.2) is 0 Å². The van der Waals surface area contributed by atoms with Gasteiger partial charge in [-0.2, -0.15) is 0 Å². The molecule has 0 fully saturated rings. The molecule has 4 nitrogen and oxygen atoms in total. The maximum atomic E-state index is 9.00. The highest BCUT2D eigenvalue weighted by Crippen LogP contribution is 2.37. The molecule has 0 radical (unpaired) electrons. The molecule has 0 bridgehead atoms. The summed E-state index contributed by atoms with van der Waals surface area (Å²) >= 11 is 0. The smallest absolute Gasteiger partial charge is 0.124 e. The van der Waals surface area contributed by atoms with Crippen molar-refractivity contribution in [1.29, 1.82) is 0 Å². The average Bonchev–Trinajstić information content (AvgIpc) is 2.68. The van der Waals surface area contributed by atoms with Gasteiger partial charge >= 0.3 is 0 Å². The zero-order valence-corrected chi connectivity index (χ0v) is 11.0. The van der Waals surface area contributed by atoms with Crippen molar-refractivity contribution >= 4 is 0 Å². The third kappa shape index (κ3) is 2.60. The van der Waals surface area contributed by atoms with Crippen molar-refractivity contribution in [3.63, 3.8) is 0 Å². The minimum Gasteiger partial charge on any atom is -0.494 e. The molecule has 18 heavy (non-hydrogen) atoms. The summed E-state index contributed by atoms with van der Waals surface area (Å²) in [6.45, 7) is 4.68. The van der Waals surface area contributed by atoms with Crippen LogP contribution in [0.4, 0.5) is 0 Å². The number of hydrogen-bond acceptors (Lipinski definition) is 4. The molecule has 0 aliphatic carbocycles. The first-order valence-corrected chi connectivity index (χ1v) is 6.48. The second-order valence-electron chi connectivity index (χ2n) is 4.68. The monoisotopic (exact) mass is 251 g/mol. The highest BCUT2D eigenvalue weighted by atomic mass is 16.5. The Morgan fingerprint density at radius 1 is 1.56 bits per heavy atom. The molecule has 3 N–H and O–H groups in total. The predicted octanol–water partition coefficient (Wildman–Crippen LogP) is 1.79. The average molecular weight is 251 g/mol. The van der Waals surface area contributed by atoms with Crippen LogP contribution in [0.2, 0.25) is 0 Å². The highest BCUT2D eigenvalue weighted by Gasteiger charge is 2.23. The molecule has 0 saturated carbocycles. The largest absolute Gasteiger partial charge is 0.494 e. The molecular weight excluding hydrogens is 230 g/mol. The fraction of sp³-hybridized carbons (Fsp3) is 0.571. The van der Waals surface area contributed by atoms with Gasteiger partial charge in [0.2, 0.25) is 0 Å². The standard InChI is InChI=1S/C14H21NO3/c1-3-17-14-7-10-6-9(2)18-13(10)8-11(14)12(15)4-5-16/h7-9,12,16H,3-6,15H2,1-2H3. The van der Waals surface area contributed by atoms with Gasteiger partial charge in [-0.1, -0.05) is 0 Å². The van der Waals surface area contributed by atoms with Crippen molar-refractivity contribution in [2.45, 2.75) is 38.8 Å². The lowest BCUT2D eigenvalue weighted by atomic mass is 10.00. The van der Waals surface area contributed by atoms with Gasteiger partial charge in [0.05, 0.1) is 6.61 Å². The molecule has 0 saturated heterocycles. The third-order valence-electron chi connectivity index (χ3n) is 3.17. The van der Waals surface area contributed by atoms with Gasteiger partial charge in [0, 0.05) is 30.2 Å². The Bertz CT molecular complexity index is 420. The SMILES string of the molecule is CCOc1cc2c(cc1C(N)CCO)OC(C)C2. The van der Waals surface area contributed by atoms with Crippen molar-refractivity contribution in [2.75, 3.05) is 13.2 Å². The topological polar surface area (TPSA) is 64.7 Å². The van der Waals surface area contributed by atoms with Gasteiger partial charge in [0.25, 0.3) is 0 Å². The van der Waals surface area contributed by atoms with Crippen LogP contribution in [0.15, 0.2) is 12.1 Å². The molecule has 2 atom stereocenters. The van der Waals surface area contributed by atoms with Gasteiger partial charge in [-0.15, -0.1) is 0 Å². The Labute approximate surface area is 108 Å². The number of fused-ring (bicyclic) bond motifs is 1. The normalized spacial score (nSPS) is 19.2. The summed E-state index contributed by atoms with van der Waals surface area (Å²) in [4.78, 5) is 0. The number of ether oxygens (including phenoxy) is 2. The number of benzene rings is 1. The first kappa shape index (κ1) is 13.2. The van der Waals surface area contributed by atoms with Gasteiger partial charge < -0.3 is 20.3 Å². The van der Waals surface area contributed by atoms with E-state index in [2.05, 4.69) is 0 Å². The Kier molecular flexibility index (Phi) is 4.09. The quantitative estimate of drug-likeness (QED) is 0.837. The zero-order valence-electron chi connectivity index (χ0n) is 11.0. The second kappa shape index (κ2) is 5.59. The van der Waals surface area contributed by atoms with E-state index in [4.69, 9.17) is 20.3 Å². The number of rotatable bonds is 5. The Morgan fingerprint density at radius 2 is 2.33 bits per heavy atom. The number of aliphatic hydroxyl groups is 1. The second-order valence-corrected chi connectivity index (χ2v) is 4.68. The van der Waals surface area contributed by atoms with Crippen molar-refractivity contribution in [3.8, 4) is 11.5 Å². The summed E-state index contributed by atoms with van der Waals surface area (Å²) in [5.74, 6) is 1.71. The van der Waals surface area contributed by atoms with E-state index >= 15 is 0 Å². The van der Waals surface area contributed by atoms with E-state index in [-0.39, 0.29) is 18.8 Å². The molecule has 0 spiro atoms. The predicted molar refractivity (Wildman–Crippen MR) is 70.0 cm³/mol. The summed E-state index contributed by atoms with van der Waals surface area (Å²) in [6.07, 6.45) is 1.64. The molecule has 0 amide bonds. The molecule has 2 rings (SSSR count). The molecular formula is C14H21NO3. The van der Waals surface area contributed by atoms with Crippen LogP contribution in [0.1, 0.15) is 37.4 Å². The molecule has 0 aromatic heterocycles. The van der Waals surface area contributed by atoms with E-state index in [0.29, 0.717) is 13.0 Å². The maximum Gasteiger partial charge on any atom is 0.124 e. The van der Waals surface area contributed by atoms with Crippen LogP contribution in [0.3, 0.4) is 0 Å². The van der Waals surface area contributed by atoms with Crippen molar-refractivity contribution < 1.29 is 14.6 Å².